The molecule has 0 fully saturated rings. The highest BCUT2D eigenvalue weighted by Crippen LogP contribution is 2.22. The van der Waals surface area contributed by atoms with Crippen molar-refractivity contribution in [3.63, 3.8) is 0 Å². The topological polar surface area (TPSA) is 62.5 Å². The molecule has 4 nitrogen and oxygen atoms in total. The highest BCUT2D eigenvalue weighted by molar-refractivity contribution is 6.42. The van der Waals surface area contributed by atoms with E-state index in [1.54, 1.807) is 18.2 Å². The molecule has 20 heavy (non-hydrogen) atoms. The van der Waals surface area contributed by atoms with E-state index in [0.29, 0.717) is 34.1 Å². The lowest BCUT2D eigenvalue weighted by Crippen LogP contribution is -2.25. The maximum Gasteiger partial charge on any atom is 0.251 e. The van der Waals surface area contributed by atoms with Crippen LogP contribution in [0.2, 0.25) is 10.0 Å². The Kier molecular flexibility index (Phi) is 5.06. The molecule has 6 heteroatoms. The summed E-state index contributed by atoms with van der Waals surface area (Å²) in [5.74, 6) is -0.261. The number of nitrogens with one attached hydrogen (secondary N) is 1. The van der Waals surface area contributed by atoms with E-state index in [4.69, 9.17) is 27.6 Å². The predicted molar refractivity (Wildman–Crippen MR) is 77.1 cm³/mol. The zero-order valence-electron chi connectivity index (χ0n) is 10.5. The molecule has 1 heterocycles. The van der Waals surface area contributed by atoms with E-state index in [1.807, 2.05) is 0 Å². The number of benzene rings is 1. The Morgan fingerprint density at radius 2 is 2.10 bits per heavy atom. The van der Waals surface area contributed by atoms with Gasteiger partial charge in [-0.15, -0.1) is 0 Å². The van der Waals surface area contributed by atoms with Gasteiger partial charge in [0.05, 0.1) is 28.7 Å². The summed E-state index contributed by atoms with van der Waals surface area (Å²) >= 11 is 11.6. The average molecular weight is 314 g/mol. The zero-order chi connectivity index (χ0) is 14.5. The summed E-state index contributed by atoms with van der Waals surface area (Å²) < 4.78 is 4.88. The van der Waals surface area contributed by atoms with Crippen molar-refractivity contribution < 1.29 is 14.3 Å². The first-order valence-corrected chi connectivity index (χ1v) is 6.77. The van der Waals surface area contributed by atoms with E-state index in [1.165, 1.54) is 18.6 Å². The normalized spacial score (nSPS) is 12.2. The van der Waals surface area contributed by atoms with Gasteiger partial charge in [-0.25, -0.2) is 0 Å². The summed E-state index contributed by atoms with van der Waals surface area (Å²) in [5, 5.41) is 13.3. The largest absolute Gasteiger partial charge is 0.472 e. The van der Waals surface area contributed by atoms with Crippen LogP contribution in [-0.2, 0) is 0 Å². The number of rotatable bonds is 5. The number of carbonyl (C=O) groups excluding carboxylic acids is 1. The van der Waals surface area contributed by atoms with Crippen LogP contribution in [0.3, 0.4) is 0 Å². The molecule has 1 amide bonds. The van der Waals surface area contributed by atoms with Crippen molar-refractivity contribution in [1.82, 2.24) is 5.32 Å². The number of hydrogen-bond donors (Lipinski definition) is 2. The molecule has 0 radical (unpaired) electrons. The quantitative estimate of drug-likeness (QED) is 0.888. The van der Waals surface area contributed by atoms with Crippen LogP contribution < -0.4 is 5.32 Å². The molecule has 1 unspecified atom stereocenters. The maximum atomic E-state index is 11.9. The number of hydrogen-bond acceptors (Lipinski definition) is 3. The molecule has 1 aromatic carbocycles. The molecule has 2 rings (SSSR count). The standard InChI is InChI=1S/C14H13Cl2NO3/c15-11-2-1-9(7-12(11)16)14(19)17-5-3-13(18)10-4-6-20-8-10/h1-2,4,6-8,13,18H,3,5H2,(H,17,19). The van der Waals surface area contributed by atoms with Crippen LogP contribution in [0.1, 0.15) is 28.4 Å². The minimum atomic E-state index is -0.664. The highest BCUT2D eigenvalue weighted by atomic mass is 35.5. The number of halogens is 2. The third-order valence-electron chi connectivity index (χ3n) is 2.81. The summed E-state index contributed by atoms with van der Waals surface area (Å²) in [6, 6.07) is 6.35. The number of aliphatic hydroxyl groups excluding tert-OH is 1. The first kappa shape index (κ1) is 14.9. The van der Waals surface area contributed by atoms with Gasteiger partial charge in [0.1, 0.15) is 0 Å². The Hall–Kier alpha value is -1.49. The average Bonchev–Trinajstić information content (AvgIpc) is 2.95. The molecule has 0 saturated heterocycles. The van der Waals surface area contributed by atoms with Crippen molar-refractivity contribution in [2.75, 3.05) is 6.54 Å². The van der Waals surface area contributed by atoms with Gasteiger partial charge in [0.2, 0.25) is 0 Å². The maximum absolute atomic E-state index is 11.9. The molecule has 2 aromatic rings. The first-order chi connectivity index (χ1) is 9.58. The molecule has 0 bridgehead atoms. The van der Waals surface area contributed by atoms with E-state index < -0.39 is 6.10 Å². The smallest absolute Gasteiger partial charge is 0.251 e. The van der Waals surface area contributed by atoms with Gasteiger partial charge < -0.3 is 14.8 Å². The van der Waals surface area contributed by atoms with Crippen LogP contribution in [0, 0.1) is 0 Å². The van der Waals surface area contributed by atoms with Gasteiger partial charge in [0.25, 0.3) is 5.91 Å². The number of amides is 1. The van der Waals surface area contributed by atoms with Crippen LogP contribution in [0.4, 0.5) is 0 Å². The van der Waals surface area contributed by atoms with Gasteiger partial charge in [0, 0.05) is 17.7 Å². The summed E-state index contributed by atoms with van der Waals surface area (Å²) in [7, 11) is 0. The summed E-state index contributed by atoms with van der Waals surface area (Å²) in [6.07, 6.45) is 2.70. The fourth-order valence-corrected chi connectivity index (χ4v) is 1.99. The second kappa shape index (κ2) is 6.79. The molecule has 106 valence electrons. The molecule has 0 spiro atoms. The van der Waals surface area contributed by atoms with E-state index >= 15 is 0 Å². The van der Waals surface area contributed by atoms with Gasteiger partial charge >= 0.3 is 0 Å². The van der Waals surface area contributed by atoms with Crippen molar-refractivity contribution in [3.8, 4) is 0 Å². The van der Waals surface area contributed by atoms with Crippen LogP contribution in [0.15, 0.2) is 41.2 Å². The van der Waals surface area contributed by atoms with Crippen LogP contribution in [-0.4, -0.2) is 17.6 Å². The third kappa shape index (κ3) is 3.76. The van der Waals surface area contributed by atoms with E-state index in [2.05, 4.69) is 5.32 Å². The second-order valence-corrected chi connectivity index (χ2v) is 5.06. The molecule has 0 aliphatic rings. The summed E-state index contributed by atoms with van der Waals surface area (Å²) in [6.45, 7) is 0.339. The Morgan fingerprint density at radius 1 is 1.30 bits per heavy atom. The molecule has 0 saturated carbocycles. The predicted octanol–water partition coefficient (Wildman–Crippen LogP) is 3.44. The minimum absolute atomic E-state index is 0.261. The van der Waals surface area contributed by atoms with E-state index in [0.717, 1.165) is 0 Å². The molecule has 2 N–H and O–H groups in total. The van der Waals surface area contributed by atoms with Gasteiger partial charge in [-0.3, -0.25) is 4.79 Å². The lowest BCUT2D eigenvalue weighted by atomic mass is 10.1. The van der Waals surface area contributed by atoms with E-state index in [-0.39, 0.29) is 5.91 Å². The zero-order valence-corrected chi connectivity index (χ0v) is 12.0. The van der Waals surface area contributed by atoms with Crippen molar-refractivity contribution >= 4 is 29.1 Å². The van der Waals surface area contributed by atoms with Crippen LogP contribution in [0.5, 0.6) is 0 Å². The molecular formula is C14H13Cl2NO3. The molecule has 0 aliphatic heterocycles. The van der Waals surface area contributed by atoms with Crippen LogP contribution in [0.25, 0.3) is 0 Å². The number of furan rings is 1. The fraction of sp³-hybridized carbons (Fsp3) is 0.214. The SMILES string of the molecule is O=C(NCCC(O)c1ccoc1)c1ccc(Cl)c(Cl)c1. The van der Waals surface area contributed by atoms with E-state index in [9.17, 15) is 9.90 Å². The highest BCUT2D eigenvalue weighted by Gasteiger charge is 2.11. The number of aliphatic hydroxyl groups is 1. The first-order valence-electron chi connectivity index (χ1n) is 6.01. The lowest BCUT2D eigenvalue weighted by Gasteiger charge is -2.09. The van der Waals surface area contributed by atoms with Crippen molar-refractivity contribution in [3.05, 3.63) is 58.0 Å². The monoisotopic (exact) mass is 313 g/mol. The Labute approximate surface area is 126 Å². The molecular weight excluding hydrogens is 301 g/mol. The summed E-state index contributed by atoms with van der Waals surface area (Å²) in [5.41, 5.74) is 1.12. The van der Waals surface area contributed by atoms with Gasteiger partial charge in [0.15, 0.2) is 0 Å². The molecule has 0 aliphatic carbocycles. The Balaban J connectivity index is 1.84. The number of carbonyl (C=O) groups is 1. The lowest BCUT2D eigenvalue weighted by molar-refractivity contribution is 0.0942. The Morgan fingerprint density at radius 3 is 2.75 bits per heavy atom. The third-order valence-corrected chi connectivity index (χ3v) is 3.55. The fourth-order valence-electron chi connectivity index (χ4n) is 1.69. The van der Waals surface area contributed by atoms with Crippen LogP contribution >= 0.6 is 23.2 Å². The minimum Gasteiger partial charge on any atom is -0.472 e. The van der Waals surface area contributed by atoms with Crippen molar-refractivity contribution in [2.45, 2.75) is 12.5 Å². The molecule has 1 aromatic heterocycles. The van der Waals surface area contributed by atoms with Crippen molar-refractivity contribution in [1.29, 1.82) is 0 Å². The van der Waals surface area contributed by atoms with Gasteiger partial charge in [-0.1, -0.05) is 23.2 Å². The van der Waals surface area contributed by atoms with Gasteiger partial charge in [-0.2, -0.15) is 0 Å². The molecule has 1 atom stereocenters. The second-order valence-electron chi connectivity index (χ2n) is 4.25. The van der Waals surface area contributed by atoms with Crippen molar-refractivity contribution in [2.24, 2.45) is 0 Å². The summed E-state index contributed by atoms with van der Waals surface area (Å²) in [4.78, 5) is 11.9. The van der Waals surface area contributed by atoms with Gasteiger partial charge in [-0.05, 0) is 30.7 Å². The Bertz CT molecular complexity index is 584.